The number of thioether (sulfide) groups is 1. The van der Waals surface area contributed by atoms with Crippen LogP contribution in [0.3, 0.4) is 0 Å². The molecule has 5 nitrogen and oxygen atoms in total. The summed E-state index contributed by atoms with van der Waals surface area (Å²) in [6.45, 7) is 2.08. The second-order valence-corrected chi connectivity index (χ2v) is 8.15. The van der Waals surface area contributed by atoms with Gasteiger partial charge >= 0.3 is 0 Å². The molecule has 0 aliphatic carbocycles. The highest BCUT2D eigenvalue weighted by molar-refractivity contribution is 7.98. The zero-order valence-corrected chi connectivity index (χ0v) is 16.8. The van der Waals surface area contributed by atoms with Crippen LogP contribution < -0.4 is 5.73 Å². The van der Waals surface area contributed by atoms with Gasteiger partial charge in [-0.3, -0.25) is 9.36 Å². The van der Waals surface area contributed by atoms with Crippen LogP contribution in [0.5, 0.6) is 0 Å². The molecule has 2 aromatic carbocycles. The zero-order valence-electron chi connectivity index (χ0n) is 15.2. The Morgan fingerprint density at radius 2 is 1.96 bits per heavy atom. The Morgan fingerprint density at radius 3 is 2.71 bits per heavy atom. The molecule has 2 N–H and O–H groups in total. The van der Waals surface area contributed by atoms with Gasteiger partial charge in [-0.2, -0.15) is 0 Å². The maximum Gasteiger partial charge on any atom is 0.248 e. The maximum atomic E-state index is 11.4. The van der Waals surface area contributed by atoms with Crippen LogP contribution in [0.2, 0.25) is 0 Å². The SMILES string of the molecule is Cc1ccccc1-n1c(SCc2cccc(C(N)=O)c2)nnc1-c1cccs1. The third-order valence-electron chi connectivity index (χ3n) is 4.31. The van der Waals surface area contributed by atoms with Gasteiger partial charge in [0, 0.05) is 11.3 Å². The number of nitrogens with two attached hydrogens (primary N) is 1. The van der Waals surface area contributed by atoms with Crippen LogP contribution >= 0.6 is 23.1 Å². The van der Waals surface area contributed by atoms with Crippen LogP contribution in [0.15, 0.2) is 71.2 Å². The molecular formula is C21H18N4OS2. The number of thiophene rings is 1. The highest BCUT2D eigenvalue weighted by Gasteiger charge is 2.18. The van der Waals surface area contributed by atoms with Crippen LogP contribution in [0.25, 0.3) is 16.4 Å². The molecule has 0 radical (unpaired) electrons. The highest BCUT2D eigenvalue weighted by atomic mass is 32.2. The van der Waals surface area contributed by atoms with E-state index < -0.39 is 5.91 Å². The predicted octanol–water partition coefficient (Wildman–Crippen LogP) is 4.70. The smallest absolute Gasteiger partial charge is 0.248 e. The summed E-state index contributed by atoms with van der Waals surface area (Å²) in [7, 11) is 0. The third kappa shape index (κ3) is 3.72. The summed E-state index contributed by atoms with van der Waals surface area (Å²) in [4.78, 5) is 12.5. The zero-order chi connectivity index (χ0) is 19.5. The molecule has 2 aromatic heterocycles. The molecule has 0 fully saturated rings. The quantitative estimate of drug-likeness (QED) is 0.471. The van der Waals surface area contributed by atoms with E-state index in [-0.39, 0.29) is 0 Å². The van der Waals surface area contributed by atoms with Crippen LogP contribution in [0, 0.1) is 6.92 Å². The molecule has 28 heavy (non-hydrogen) atoms. The van der Waals surface area contributed by atoms with Crippen molar-refractivity contribution in [3.8, 4) is 16.4 Å². The van der Waals surface area contributed by atoms with Gasteiger partial charge in [-0.05, 0) is 47.7 Å². The number of carbonyl (C=O) groups excluding carboxylic acids is 1. The molecule has 4 rings (SSSR count). The van der Waals surface area contributed by atoms with Crippen molar-refractivity contribution >= 4 is 29.0 Å². The lowest BCUT2D eigenvalue weighted by molar-refractivity contribution is 0.1000. The molecule has 4 aromatic rings. The highest BCUT2D eigenvalue weighted by Crippen LogP contribution is 2.32. The van der Waals surface area contributed by atoms with E-state index >= 15 is 0 Å². The third-order valence-corrected chi connectivity index (χ3v) is 6.18. The maximum absolute atomic E-state index is 11.4. The number of primary amides is 1. The first kappa shape index (κ1) is 18.5. The first-order chi connectivity index (χ1) is 13.6. The number of nitrogens with zero attached hydrogens (tertiary/aromatic N) is 3. The van der Waals surface area contributed by atoms with E-state index in [9.17, 15) is 4.79 Å². The number of aryl methyl sites for hydroxylation is 1. The minimum absolute atomic E-state index is 0.421. The van der Waals surface area contributed by atoms with Crippen LogP contribution in [0.1, 0.15) is 21.5 Å². The molecule has 0 aliphatic heterocycles. The largest absolute Gasteiger partial charge is 0.366 e. The van der Waals surface area contributed by atoms with Crippen molar-refractivity contribution in [3.05, 3.63) is 82.7 Å². The Bertz CT molecular complexity index is 1120. The van der Waals surface area contributed by atoms with E-state index in [0.717, 1.165) is 32.7 Å². The van der Waals surface area contributed by atoms with Gasteiger partial charge in [0.1, 0.15) is 0 Å². The minimum atomic E-state index is -0.421. The predicted molar refractivity (Wildman–Crippen MR) is 114 cm³/mol. The van der Waals surface area contributed by atoms with E-state index in [1.54, 1.807) is 29.2 Å². The van der Waals surface area contributed by atoms with Crippen molar-refractivity contribution in [1.29, 1.82) is 0 Å². The Labute approximate surface area is 171 Å². The fraction of sp³-hybridized carbons (Fsp3) is 0.0952. The lowest BCUT2D eigenvalue weighted by Gasteiger charge is -2.12. The lowest BCUT2D eigenvalue weighted by Crippen LogP contribution is -2.10. The van der Waals surface area contributed by atoms with E-state index in [4.69, 9.17) is 5.73 Å². The second-order valence-electron chi connectivity index (χ2n) is 6.26. The average Bonchev–Trinajstić information content (AvgIpc) is 3.36. The van der Waals surface area contributed by atoms with Crippen molar-refractivity contribution < 1.29 is 4.79 Å². The van der Waals surface area contributed by atoms with Crippen LogP contribution in [-0.4, -0.2) is 20.7 Å². The number of para-hydroxylation sites is 1. The average molecular weight is 407 g/mol. The molecular weight excluding hydrogens is 388 g/mol. The van der Waals surface area contributed by atoms with E-state index in [0.29, 0.717) is 11.3 Å². The van der Waals surface area contributed by atoms with Crippen molar-refractivity contribution in [1.82, 2.24) is 14.8 Å². The van der Waals surface area contributed by atoms with Gasteiger partial charge in [-0.25, -0.2) is 0 Å². The van der Waals surface area contributed by atoms with Gasteiger partial charge in [0.05, 0.1) is 10.6 Å². The first-order valence-corrected chi connectivity index (χ1v) is 10.6. The summed E-state index contributed by atoms with van der Waals surface area (Å²) in [5.41, 5.74) is 9.13. The standard InChI is InChI=1S/C21H18N4OS2/c1-14-6-2-3-9-17(14)25-20(18-10-5-11-27-18)23-24-21(25)28-13-15-7-4-8-16(12-15)19(22)26/h2-12H,13H2,1H3,(H2,22,26). The molecule has 0 bridgehead atoms. The number of hydrogen-bond acceptors (Lipinski definition) is 5. The van der Waals surface area contributed by atoms with E-state index in [2.05, 4.69) is 33.8 Å². The fourth-order valence-electron chi connectivity index (χ4n) is 2.92. The molecule has 2 heterocycles. The fourth-order valence-corrected chi connectivity index (χ4v) is 4.51. The molecule has 0 aliphatic rings. The number of aromatic nitrogens is 3. The van der Waals surface area contributed by atoms with Crippen LogP contribution in [-0.2, 0) is 5.75 Å². The Balaban J connectivity index is 1.71. The summed E-state index contributed by atoms with van der Waals surface area (Å²) in [5.74, 6) is 1.07. The molecule has 7 heteroatoms. The molecule has 0 atom stereocenters. The normalized spacial score (nSPS) is 10.9. The second kappa shape index (κ2) is 8.00. The Hall–Kier alpha value is -2.90. The van der Waals surface area contributed by atoms with Gasteiger partial charge in [-0.15, -0.1) is 21.5 Å². The van der Waals surface area contributed by atoms with Crippen molar-refractivity contribution in [3.63, 3.8) is 0 Å². The molecule has 0 saturated carbocycles. The van der Waals surface area contributed by atoms with Gasteiger partial charge in [0.25, 0.3) is 0 Å². The van der Waals surface area contributed by atoms with E-state index in [1.165, 1.54) is 0 Å². The number of amides is 1. The molecule has 0 spiro atoms. The number of rotatable bonds is 6. The number of hydrogen-bond donors (Lipinski definition) is 1. The van der Waals surface area contributed by atoms with E-state index in [1.807, 2.05) is 47.8 Å². The summed E-state index contributed by atoms with van der Waals surface area (Å²) in [5, 5.41) is 11.8. The molecule has 0 unspecified atom stereocenters. The Kier molecular flexibility index (Phi) is 5.27. The summed E-state index contributed by atoms with van der Waals surface area (Å²) in [6.07, 6.45) is 0. The monoisotopic (exact) mass is 406 g/mol. The summed E-state index contributed by atoms with van der Waals surface area (Å²) >= 11 is 3.22. The number of benzene rings is 2. The first-order valence-electron chi connectivity index (χ1n) is 8.70. The van der Waals surface area contributed by atoms with Gasteiger partial charge in [-0.1, -0.05) is 48.2 Å². The number of carbonyl (C=O) groups is 1. The molecule has 140 valence electrons. The van der Waals surface area contributed by atoms with Crippen molar-refractivity contribution in [2.24, 2.45) is 5.73 Å². The van der Waals surface area contributed by atoms with Gasteiger partial charge < -0.3 is 5.73 Å². The lowest BCUT2D eigenvalue weighted by atomic mass is 10.1. The molecule has 1 amide bonds. The summed E-state index contributed by atoms with van der Waals surface area (Å²) in [6, 6.07) is 19.6. The summed E-state index contributed by atoms with van der Waals surface area (Å²) < 4.78 is 2.10. The van der Waals surface area contributed by atoms with Crippen LogP contribution in [0.4, 0.5) is 0 Å². The van der Waals surface area contributed by atoms with Crippen molar-refractivity contribution in [2.75, 3.05) is 0 Å². The molecule has 0 saturated heterocycles. The van der Waals surface area contributed by atoms with Crippen molar-refractivity contribution in [2.45, 2.75) is 17.8 Å². The van der Waals surface area contributed by atoms with Gasteiger partial charge in [0.2, 0.25) is 5.91 Å². The topological polar surface area (TPSA) is 73.8 Å². The Morgan fingerprint density at radius 1 is 1.11 bits per heavy atom. The van der Waals surface area contributed by atoms with Gasteiger partial charge in [0.15, 0.2) is 11.0 Å². The minimum Gasteiger partial charge on any atom is -0.366 e.